The second-order valence-corrected chi connectivity index (χ2v) is 4.07. The van der Waals surface area contributed by atoms with Crippen molar-refractivity contribution in [3.8, 4) is 0 Å². The van der Waals surface area contributed by atoms with Gasteiger partial charge in [-0.3, -0.25) is 0 Å². The average molecular weight is 198 g/mol. The summed E-state index contributed by atoms with van der Waals surface area (Å²) in [6.07, 6.45) is 7.43. The number of H-pyrrole nitrogens is 1. The lowest BCUT2D eigenvalue weighted by atomic mass is 10.1. The molecule has 1 N–H and O–H groups in total. The Hall–Kier alpha value is -0.360. The minimum absolute atomic E-state index is 1.04. The summed E-state index contributed by atoms with van der Waals surface area (Å²) in [5, 5.41) is 0. The van der Waals surface area contributed by atoms with Crippen LogP contribution in [-0.2, 0) is 12.8 Å². The van der Waals surface area contributed by atoms with Crippen LogP contribution in [0.4, 0.5) is 0 Å². The van der Waals surface area contributed by atoms with Gasteiger partial charge in [0, 0.05) is 5.69 Å². The number of aryl methyl sites for hydroxylation is 2. The molecule has 1 heterocycles. The Balaban J connectivity index is 2.45. The van der Waals surface area contributed by atoms with E-state index in [0.717, 1.165) is 14.9 Å². The number of aromatic nitrogens is 2. The number of nitrogens with zero attached hydrogens (tertiary/aromatic N) is 1. The van der Waals surface area contributed by atoms with Gasteiger partial charge in [-0.05, 0) is 25.7 Å². The van der Waals surface area contributed by atoms with Crippen LogP contribution >= 0.6 is 8.51 Å². The van der Waals surface area contributed by atoms with Crippen molar-refractivity contribution < 1.29 is 0 Å². The summed E-state index contributed by atoms with van der Waals surface area (Å²) in [5.74, 6) is 0. The predicted octanol–water partition coefficient (Wildman–Crippen LogP) is 3.68. The Morgan fingerprint density at radius 1 is 1.15 bits per heavy atom. The summed E-state index contributed by atoms with van der Waals surface area (Å²) in [6.45, 7) is 4.46. The SMILES string of the molecule is CCCCc1np[nH]c1CCCC. The van der Waals surface area contributed by atoms with Gasteiger partial charge in [0.15, 0.2) is 0 Å². The summed E-state index contributed by atoms with van der Waals surface area (Å²) in [6, 6.07) is 0. The number of nitrogens with one attached hydrogen (secondary N) is 1. The molecule has 0 radical (unpaired) electrons. The molecule has 1 aromatic heterocycles. The summed E-state index contributed by atoms with van der Waals surface area (Å²) >= 11 is 0. The van der Waals surface area contributed by atoms with Crippen LogP contribution in [0.5, 0.6) is 0 Å². The van der Waals surface area contributed by atoms with E-state index < -0.39 is 0 Å². The first kappa shape index (κ1) is 10.7. The minimum atomic E-state index is 1.04. The first-order valence-corrected chi connectivity index (χ1v) is 6.12. The van der Waals surface area contributed by atoms with Gasteiger partial charge in [0.2, 0.25) is 0 Å². The summed E-state index contributed by atoms with van der Waals surface area (Å²) < 4.78 is 7.78. The van der Waals surface area contributed by atoms with Gasteiger partial charge in [-0.25, -0.2) is 4.75 Å². The van der Waals surface area contributed by atoms with Crippen LogP contribution in [0.2, 0.25) is 0 Å². The molecule has 0 bridgehead atoms. The Morgan fingerprint density at radius 2 is 1.85 bits per heavy atom. The van der Waals surface area contributed by atoms with Gasteiger partial charge in [-0.15, -0.1) is 0 Å². The van der Waals surface area contributed by atoms with E-state index in [0.29, 0.717) is 0 Å². The van der Waals surface area contributed by atoms with Gasteiger partial charge in [0.1, 0.15) is 8.51 Å². The minimum Gasteiger partial charge on any atom is -0.325 e. The van der Waals surface area contributed by atoms with Gasteiger partial charge in [0.25, 0.3) is 0 Å². The third-order valence-electron chi connectivity index (χ3n) is 2.25. The fourth-order valence-corrected chi connectivity index (χ4v) is 2.12. The molecule has 0 amide bonds. The molecule has 0 aliphatic rings. The maximum atomic E-state index is 4.45. The van der Waals surface area contributed by atoms with Crippen LogP contribution in [0.25, 0.3) is 0 Å². The van der Waals surface area contributed by atoms with Crippen molar-refractivity contribution in [3.05, 3.63) is 11.4 Å². The fourth-order valence-electron chi connectivity index (χ4n) is 1.37. The van der Waals surface area contributed by atoms with Crippen molar-refractivity contribution >= 4 is 8.51 Å². The second-order valence-electron chi connectivity index (χ2n) is 3.44. The van der Waals surface area contributed by atoms with Crippen molar-refractivity contribution in [2.24, 2.45) is 0 Å². The molecule has 0 aromatic carbocycles. The molecule has 0 saturated heterocycles. The van der Waals surface area contributed by atoms with E-state index in [1.165, 1.54) is 43.5 Å². The van der Waals surface area contributed by atoms with Gasteiger partial charge in [-0.2, -0.15) is 0 Å². The van der Waals surface area contributed by atoms with Gasteiger partial charge >= 0.3 is 0 Å². The lowest BCUT2D eigenvalue weighted by Gasteiger charge is -1.99. The number of hydrogen-bond donors (Lipinski definition) is 1. The zero-order valence-electron chi connectivity index (χ0n) is 8.64. The second kappa shape index (κ2) is 6.15. The highest BCUT2D eigenvalue weighted by Gasteiger charge is 2.04. The van der Waals surface area contributed by atoms with E-state index in [9.17, 15) is 0 Å². The number of unbranched alkanes of at least 4 members (excludes halogenated alkanes) is 2. The van der Waals surface area contributed by atoms with E-state index >= 15 is 0 Å². The molecule has 0 aliphatic carbocycles. The lowest BCUT2D eigenvalue weighted by molar-refractivity contribution is 0.741. The van der Waals surface area contributed by atoms with Crippen molar-refractivity contribution in [2.45, 2.75) is 52.4 Å². The summed E-state index contributed by atoms with van der Waals surface area (Å²) in [7, 11) is 1.04. The highest BCUT2D eigenvalue weighted by Crippen LogP contribution is 2.14. The van der Waals surface area contributed by atoms with Crippen LogP contribution in [0.1, 0.15) is 50.9 Å². The summed E-state index contributed by atoms with van der Waals surface area (Å²) in [5.41, 5.74) is 2.73. The first-order chi connectivity index (χ1) is 6.38. The lowest BCUT2D eigenvalue weighted by Crippen LogP contribution is -1.93. The van der Waals surface area contributed by atoms with Crippen LogP contribution in [0.15, 0.2) is 0 Å². The van der Waals surface area contributed by atoms with E-state index in [4.69, 9.17) is 0 Å². The Bertz CT molecular complexity index is 210. The molecular formula is C10H19N2P. The zero-order chi connectivity index (χ0) is 9.52. The molecular weight excluding hydrogens is 179 g/mol. The predicted molar refractivity (Wildman–Crippen MR) is 58.3 cm³/mol. The molecule has 1 rings (SSSR count). The van der Waals surface area contributed by atoms with Crippen molar-refractivity contribution in [3.63, 3.8) is 0 Å². The van der Waals surface area contributed by atoms with E-state index in [1.54, 1.807) is 0 Å². The Kier molecular flexibility index (Phi) is 5.07. The average Bonchev–Trinajstić information content (AvgIpc) is 2.59. The number of hydrogen-bond acceptors (Lipinski definition) is 1. The maximum Gasteiger partial charge on any atom is 0.129 e. The van der Waals surface area contributed by atoms with E-state index in [-0.39, 0.29) is 0 Å². The number of aromatic amines is 1. The highest BCUT2D eigenvalue weighted by atomic mass is 31.1. The fraction of sp³-hybridized carbons (Fsp3) is 0.800. The molecule has 0 aliphatic heterocycles. The Morgan fingerprint density at radius 3 is 2.54 bits per heavy atom. The molecule has 2 nitrogen and oxygen atoms in total. The summed E-state index contributed by atoms with van der Waals surface area (Å²) in [4.78, 5) is 0. The molecule has 0 unspecified atom stereocenters. The maximum absolute atomic E-state index is 4.45. The normalized spacial score (nSPS) is 10.6. The van der Waals surface area contributed by atoms with Gasteiger partial charge in [-0.1, -0.05) is 26.7 Å². The zero-order valence-corrected chi connectivity index (χ0v) is 9.53. The number of rotatable bonds is 6. The van der Waals surface area contributed by atoms with Crippen LogP contribution in [0.3, 0.4) is 0 Å². The molecule has 3 heteroatoms. The van der Waals surface area contributed by atoms with Crippen molar-refractivity contribution in [2.75, 3.05) is 0 Å². The molecule has 13 heavy (non-hydrogen) atoms. The van der Waals surface area contributed by atoms with Crippen LogP contribution < -0.4 is 0 Å². The third kappa shape index (κ3) is 3.48. The van der Waals surface area contributed by atoms with E-state index in [2.05, 4.69) is 23.3 Å². The standard InChI is InChI=1S/C10H19N2P/c1-3-5-7-9-10(8-6-4-2)12-13-11-9/h3-8H2,1-2H3,(H,11,12). The largest absolute Gasteiger partial charge is 0.325 e. The van der Waals surface area contributed by atoms with Crippen LogP contribution in [-0.4, -0.2) is 9.49 Å². The van der Waals surface area contributed by atoms with Gasteiger partial charge < -0.3 is 4.75 Å². The monoisotopic (exact) mass is 198 g/mol. The Labute approximate surface area is 82.4 Å². The molecule has 1 aromatic rings. The quantitative estimate of drug-likeness (QED) is 0.742. The van der Waals surface area contributed by atoms with Crippen molar-refractivity contribution in [1.82, 2.24) is 9.49 Å². The van der Waals surface area contributed by atoms with Gasteiger partial charge in [0.05, 0.1) is 5.69 Å². The smallest absolute Gasteiger partial charge is 0.129 e. The molecule has 0 saturated carbocycles. The third-order valence-corrected chi connectivity index (χ3v) is 2.96. The van der Waals surface area contributed by atoms with E-state index in [1.807, 2.05) is 0 Å². The topological polar surface area (TPSA) is 28.7 Å². The van der Waals surface area contributed by atoms with Crippen LogP contribution in [0, 0.1) is 0 Å². The molecule has 0 atom stereocenters. The first-order valence-electron chi connectivity index (χ1n) is 5.27. The highest BCUT2D eigenvalue weighted by molar-refractivity contribution is 7.20. The molecule has 0 fully saturated rings. The molecule has 74 valence electrons. The molecule has 0 spiro atoms. The van der Waals surface area contributed by atoms with Crippen molar-refractivity contribution in [1.29, 1.82) is 0 Å².